The van der Waals surface area contributed by atoms with Gasteiger partial charge in [0.1, 0.15) is 11.5 Å². The van der Waals surface area contributed by atoms with Gasteiger partial charge in [0.25, 0.3) is 0 Å². The van der Waals surface area contributed by atoms with Crippen LogP contribution in [0.5, 0.6) is 11.5 Å². The molecule has 0 radical (unpaired) electrons. The van der Waals surface area contributed by atoms with Gasteiger partial charge in [-0.1, -0.05) is 11.6 Å². The highest BCUT2D eigenvalue weighted by atomic mass is 79.9. The Morgan fingerprint density at radius 1 is 1.19 bits per heavy atom. The molecule has 5 heteroatoms. The molecule has 0 heterocycles. The monoisotopic (exact) mass is 368 g/mol. The van der Waals surface area contributed by atoms with E-state index in [2.05, 4.69) is 15.9 Å². The number of carbonyl (C=O) groups excluding carboxylic acids is 1. The summed E-state index contributed by atoms with van der Waals surface area (Å²) in [4.78, 5) is 12.3. The Morgan fingerprint density at radius 3 is 2.43 bits per heavy atom. The van der Waals surface area contributed by atoms with Crippen LogP contribution in [0.15, 0.2) is 46.9 Å². The molecule has 21 heavy (non-hydrogen) atoms. The molecule has 0 spiro atoms. The van der Waals surface area contributed by atoms with E-state index < -0.39 is 6.10 Å². The van der Waals surface area contributed by atoms with Crippen LogP contribution in [0.3, 0.4) is 0 Å². The van der Waals surface area contributed by atoms with Gasteiger partial charge >= 0.3 is 0 Å². The Balaban J connectivity index is 2.11. The fourth-order valence-electron chi connectivity index (χ4n) is 1.80. The second kappa shape index (κ2) is 6.96. The van der Waals surface area contributed by atoms with Gasteiger partial charge in [0.05, 0.1) is 11.6 Å². The Morgan fingerprint density at radius 2 is 1.86 bits per heavy atom. The zero-order valence-corrected chi connectivity index (χ0v) is 13.9. The second-order valence-electron chi connectivity index (χ2n) is 4.43. The van der Waals surface area contributed by atoms with Gasteiger partial charge in [-0.2, -0.15) is 0 Å². The molecule has 3 nitrogen and oxygen atoms in total. The van der Waals surface area contributed by atoms with Crippen molar-refractivity contribution in [2.45, 2.75) is 13.0 Å². The van der Waals surface area contributed by atoms with Crippen LogP contribution >= 0.6 is 27.5 Å². The SMILES string of the molecule is COc1ccc(C(=O)C(C)Oc2ccc(Cl)cc2Br)cc1. The third kappa shape index (κ3) is 3.99. The number of hydrogen-bond acceptors (Lipinski definition) is 3. The fourth-order valence-corrected chi connectivity index (χ4v) is 2.58. The maximum atomic E-state index is 12.3. The summed E-state index contributed by atoms with van der Waals surface area (Å²) in [6.45, 7) is 1.72. The van der Waals surface area contributed by atoms with Crippen molar-refractivity contribution in [3.8, 4) is 11.5 Å². The van der Waals surface area contributed by atoms with E-state index in [4.69, 9.17) is 21.1 Å². The normalized spacial score (nSPS) is 11.8. The molecule has 0 aromatic heterocycles. The molecule has 1 unspecified atom stereocenters. The van der Waals surface area contributed by atoms with Gasteiger partial charge in [-0.15, -0.1) is 0 Å². The molecule has 0 saturated carbocycles. The van der Waals surface area contributed by atoms with E-state index in [-0.39, 0.29) is 5.78 Å². The van der Waals surface area contributed by atoms with E-state index in [1.54, 1.807) is 56.5 Å². The lowest BCUT2D eigenvalue weighted by Crippen LogP contribution is -2.24. The van der Waals surface area contributed by atoms with E-state index in [0.29, 0.717) is 26.6 Å². The zero-order valence-electron chi connectivity index (χ0n) is 11.6. The molecule has 0 fully saturated rings. The molecular formula is C16H14BrClO3. The van der Waals surface area contributed by atoms with E-state index in [1.807, 2.05) is 0 Å². The van der Waals surface area contributed by atoms with Crippen LogP contribution in [-0.2, 0) is 0 Å². The molecule has 0 amide bonds. The number of Topliss-reactive ketones (excluding diaryl/α,β-unsaturated/α-hetero) is 1. The quantitative estimate of drug-likeness (QED) is 0.713. The van der Waals surface area contributed by atoms with Crippen molar-refractivity contribution in [1.82, 2.24) is 0 Å². The first kappa shape index (κ1) is 15.9. The van der Waals surface area contributed by atoms with Crippen molar-refractivity contribution < 1.29 is 14.3 Å². The molecule has 110 valence electrons. The molecule has 2 rings (SSSR count). The first-order chi connectivity index (χ1) is 10.0. The van der Waals surface area contributed by atoms with Crippen LogP contribution in [0.1, 0.15) is 17.3 Å². The highest BCUT2D eigenvalue weighted by Gasteiger charge is 2.18. The second-order valence-corrected chi connectivity index (χ2v) is 5.72. The van der Waals surface area contributed by atoms with Crippen molar-refractivity contribution in [1.29, 1.82) is 0 Å². The Kier molecular flexibility index (Phi) is 5.26. The topological polar surface area (TPSA) is 35.5 Å². The summed E-state index contributed by atoms with van der Waals surface area (Å²) in [6, 6.07) is 12.1. The van der Waals surface area contributed by atoms with Crippen LogP contribution in [-0.4, -0.2) is 19.0 Å². The number of ether oxygens (including phenoxy) is 2. The van der Waals surface area contributed by atoms with Gasteiger partial charge in [0.15, 0.2) is 6.10 Å². The highest BCUT2D eigenvalue weighted by molar-refractivity contribution is 9.10. The van der Waals surface area contributed by atoms with Crippen molar-refractivity contribution in [2.24, 2.45) is 0 Å². The first-order valence-corrected chi connectivity index (χ1v) is 7.48. The average molecular weight is 370 g/mol. The summed E-state index contributed by atoms with van der Waals surface area (Å²) in [5.41, 5.74) is 0.577. The predicted molar refractivity (Wildman–Crippen MR) is 86.6 cm³/mol. The smallest absolute Gasteiger partial charge is 0.202 e. The number of halogens is 2. The number of rotatable bonds is 5. The molecule has 0 bridgehead atoms. The number of methoxy groups -OCH3 is 1. The molecule has 2 aromatic rings. The van der Waals surface area contributed by atoms with E-state index in [1.165, 1.54) is 0 Å². The minimum Gasteiger partial charge on any atom is -0.497 e. The highest BCUT2D eigenvalue weighted by Crippen LogP contribution is 2.29. The van der Waals surface area contributed by atoms with Crippen LogP contribution in [0.2, 0.25) is 5.02 Å². The minimum absolute atomic E-state index is 0.0977. The maximum absolute atomic E-state index is 12.3. The lowest BCUT2D eigenvalue weighted by Gasteiger charge is -2.15. The third-order valence-electron chi connectivity index (χ3n) is 2.94. The molecule has 0 aliphatic heterocycles. The van der Waals surface area contributed by atoms with Gasteiger partial charge in [0.2, 0.25) is 5.78 Å². The summed E-state index contributed by atoms with van der Waals surface area (Å²) in [5, 5.41) is 0.600. The summed E-state index contributed by atoms with van der Waals surface area (Å²) < 4.78 is 11.5. The van der Waals surface area contributed by atoms with Crippen LogP contribution in [0.4, 0.5) is 0 Å². The summed E-state index contributed by atoms with van der Waals surface area (Å²) >= 11 is 9.24. The molecule has 1 atom stereocenters. The molecule has 0 aliphatic carbocycles. The zero-order chi connectivity index (χ0) is 15.4. The Labute approximate surface area is 137 Å². The van der Waals surface area contributed by atoms with E-state index in [9.17, 15) is 4.79 Å². The molecule has 0 N–H and O–H groups in total. The summed E-state index contributed by atoms with van der Waals surface area (Å²) in [6.07, 6.45) is -0.601. The number of ketones is 1. The van der Waals surface area contributed by atoms with Crippen LogP contribution < -0.4 is 9.47 Å². The number of hydrogen-bond donors (Lipinski definition) is 0. The van der Waals surface area contributed by atoms with Gasteiger partial charge in [-0.25, -0.2) is 0 Å². The van der Waals surface area contributed by atoms with Crippen molar-refractivity contribution in [3.63, 3.8) is 0 Å². The van der Waals surface area contributed by atoms with Crippen LogP contribution in [0, 0.1) is 0 Å². The predicted octanol–water partition coefficient (Wildman–Crippen LogP) is 4.76. The third-order valence-corrected chi connectivity index (χ3v) is 3.80. The lowest BCUT2D eigenvalue weighted by molar-refractivity contribution is 0.0817. The van der Waals surface area contributed by atoms with E-state index in [0.717, 1.165) is 0 Å². The first-order valence-electron chi connectivity index (χ1n) is 6.31. The fraction of sp³-hybridized carbons (Fsp3) is 0.188. The van der Waals surface area contributed by atoms with Crippen molar-refractivity contribution in [3.05, 3.63) is 57.5 Å². The van der Waals surface area contributed by atoms with Gasteiger partial charge in [-0.05, 0) is 65.3 Å². The maximum Gasteiger partial charge on any atom is 0.202 e. The number of carbonyl (C=O) groups is 1. The summed E-state index contributed by atoms with van der Waals surface area (Å²) in [7, 11) is 1.58. The van der Waals surface area contributed by atoms with Gasteiger partial charge in [0, 0.05) is 10.6 Å². The largest absolute Gasteiger partial charge is 0.497 e. The Bertz CT molecular complexity index is 640. The van der Waals surface area contributed by atoms with Gasteiger partial charge < -0.3 is 9.47 Å². The van der Waals surface area contributed by atoms with Crippen LogP contribution in [0.25, 0.3) is 0 Å². The van der Waals surface area contributed by atoms with E-state index >= 15 is 0 Å². The average Bonchev–Trinajstić information content (AvgIpc) is 2.49. The molecule has 0 saturated heterocycles. The van der Waals surface area contributed by atoms with Gasteiger partial charge in [-0.3, -0.25) is 4.79 Å². The molecule has 0 aliphatic rings. The van der Waals surface area contributed by atoms with Crippen molar-refractivity contribution in [2.75, 3.05) is 7.11 Å². The van der Waals surface area contributed by atoms with Crippen molar-refractivity contribution >= 4 is 33.3 Å². The minimum atomic E-state index is -0.601. The molecule has 2 aromatic carbocycles. The standard InChI is InChI=1S/C16H14BrClO3/c1-10(21-15-8-5-12(18)9-14(15)17)16(19)11-3-6-13(20-2)7-4-11/h3-10H,1-2H3. The summed E-state index contributed by atoms with van der Waals surface area (Å²) in [5.74, 6) is 1.19. The molecular weight excluding hydrogens is 356 g/mol. The Hall–Kier alpha value is -1.52. The number of benzene rings is 2. The lowest BCUT2D eigenvalue weighted by atomic mass is 10.1.